The van der Waals surface area contributed by atoms with E-state index in [9.17, 15) is 19.2 Å². The molecule has 3 atom stereocenters. The number of hydrogen-bond donors (Lipinski definition) is 2. The Morgan fingerprint density at radius 1 is 1.05 bits per heavy atom. The van der Waals surface area contributed by atoms with Crippen LogP contribution in [0.1, 0.15) is 72.3 Å². The zero-order chi connectivity index (χ0) is 27.9. The molecule has 2 aliphatic rings. The van der Waals surface area contributed by atoms with Gasteiger partial charge in [0.2, 0.25) is 5.91 Å². The predicted molar refractivity (Wildman–Crippen MR) is 144 cm³/mol. The zero-order valence-corrected chi connectivity index (χ0v) is 23.0. The van der Waals surface area contributed by atoms with Crippen LogP contribution in [0.2, 0.25) is 0 Å². The lowest BCUT2D eigenvalue weighted by Crippen LogP contribution is -2.46. The van der Waals surface area contributed by atoms with Crippen molar-refractivity contribution in [2.45, 2.75) is 90.8 Å². The van der Waals surface area contributed by atoms with Gasteiger partial charge in [-0.15, -0.1) is 0 Å². The number of esters is 2. The van der Waals surface area contributed by atoms with E-state index in [2.05, 4.69) is 10.6 Å². The fourth-order valence-corrected chi connectivity index (χ4v) is 4.57. The molecule has 38 heavy (non-hydrogen) atoms. The minimum Gasteiger partial charge on any atom is -0.458 e. The Labute approximate surface area is 225 Å². The molecule has 206 valence electrons. The van der Waals surface area contributed by atoms with Gasteiger partial charge in [0.25, 0.3) is 5.91 Å². The number of amides is 2. The Balaban J connectivity index is 1.67. The Hall–Kier alpha value is -3.42. The van der Waals surface area contributed by atoms with Gasteiger partial charge in [-0.3, -0.25) is 14.4 Å². The van der Waals surface area contributed by atoms with Crippen molar-refractivity contribution in [2.24, 2.45) is 11.8 Å². The first-order valence-electron chi connectivity index (χ1n) is 13.5. The lowest BCUT2D eigenvalue weighted by molar-refractivity contribution is -0.158. The van der Waals surface area contributed by atoms with E-state index in [0.717, 1.165) is 31.2 Å². The summed E-state index contributed by atoms with van der Waals surface area (Å²) >= 11 is 0. The Kier molecular flexibility index (Phi) is 9.89. The van der Waals surface area contributed by atoms with Crippen LogP contribution in [0.5, 0.6) is 5.75 Å². The molecule has 2 amide bonds. The third-order valence-electron chi connectivity index (χ3n) is 6.67. The summed E-state index contributed by atoms with van der Waals surface area (Å²) in [6, 6.07) is 5.72. The molecule has 2 N–H and O–H groups in total. The Morgan fingerprint density at radius 3 is 2.29 bits per heavy atom. The van der Waals surface area contributed by atoms with Gasteiger partial charge in [0.1, 0.15) is 17.4 Å². The molecule has 0 heterocycles. The minimum atomic E-state index is -0.921. The molecular weight excluding hydrogens is 484 g/mol. The van der Waals surface area contributed by atoms with Gasteiger partial charge < -0.3 is 20.1 Å². The summed E-state index contributed by atoms with van der Waals surface area (Å²) in [7, 11) is 0. The monoisotopic (exact) mass is 524 g/mol. The number of ether oxygens (including phenoxy) is 2. The third kappa shape index (κ3) is 8.57. The summed E-state index contributed by atoms with van der Waals surface area (Å²) in [6.07, 6.45) is 9.86. The molecule has 2 aliphatic carbocycles. The summed E-state index contributed by atoms with van der Waals surface area (Å²) in [5.74, 6) is -0.776. The molecular formula is C30H40N2O6. The molecule has 3 rings (SSSR count). The molecule has 3 unspecified atom stereocenters. The van der Waals surface area contributed by atoms with Crippen molar-refractivity contribution in [1.82, 2.24) is 10.6 Å². The molecule has 0 saturated heterocycles. The number of hydrogen-bond acceptors (Lipinski definition) is 6. The number of carbonyl (C=O) groups excluding carboxylic acids is 4. The average Bonchev–Trinajstić information content (AvgIpc) is 3.40. The number of rotatable bonds is 9. The van der Waals surface area contributed by atoms with Gasteiger partial charge >= 0.3 is 11.9 Å². The molecule has 1 fully saturated rings. The van der Waals surface area contributed by atoms with Crippen LogP contribution in [-0.2, 0) is 30.3 Å². The second-order valence-corrected chi connectivity index (χ2v) is 11.1. The van der Waals surface area contributed by atoms with Gasteiger partial charge in [-0.1, -0.05) is 57.0 Å². The number of benzene rings is 1. The summed E-state index contributed by atoms with van der Waals surface area (Å²) in [5, 5.41) is 5.93. The average molecular weight is 525 g/mol. The van der Waals surface area contributed by atoms with Crippen molar-refractivity contribution in [3.8, 4) is 5.75 Å². The van der Waals surface area contributed by atoms with E-state index < -0.39 is 23.5 Å². The van der Waals surface area contributed by atoms with E-state index in [0.29, 0.717) is 11.3 Å². The molecule has 0 bridgehead atoms. The van der Waals surface area contributed by atoms with E-state index in [4.69, 9.17) is 9.47 Å². The molecule has 0 radical (unpaired) electrons. The topological polar surface area (TPSA) is 111 Å². The number of nitrogens with one attached hydrogen (secondary N) is 2. The van der Waals surface area contributed by atoms with Crippen LogP contribution in [0.4, 0.5) is 0 Å². The molecule has 0 aliphatic heterocycles. The quantitative estimate of drug-likeness (QED) is 0.370. The maximum atomic E-state index is 13.2. The summed E-state index contributed by atoms with van der Waals surface area (Å²) in [4.78, 5) is 50.3. The smallest absolute Gasteiger partial charge is 0.329 e. The Bertz CT molecular complexity index is 1080. The van der Waals surface area contributed by atoms with Crippen LogP contribution >= 0.6 is 0 Å². The largest absolute Gasteiger partial charge is 0.458 e. The Morgan fingerprint density at radius 2 is 1.71 bits per heavy atom. The maximum absolute atomic E-state index is 13.2. The first kappa shape index (κ1) is 29.1. The molecule has 1 aromatic carbocycles. The van der Waals surface area contributed by atoms with Crippen molar-refractivity contribution in [1.29, 1.82) is 0 Å². The first-order valence-corrected chi connectivity index (χ1v) is 13.5. The standard InChI is InChI=1S/C30H40N2O6/c1-6-26(33)37-23-14-11-20(12-15-23)18-25(29(36)38-30(3,4)5)32-28(35)22-13-16-24(19(2)17-22)31-27(34)21-9-7-8-10-21/h11-17,19,21,24-25H,6-10,18H2,1-5H3,(H,31,34)(H,32,35). The van der Waals surface area contributed by atoms with Gasteiger partial charge in [-0.05, 0) is 57.2 Å². The van der Waals surface area contributed by atoms with Gasteiger partial charge in [-0.2, -0.15) is 0 Å². The number of carbonyl (C=O) groups is 4. The van der Waals surface area contributed by atoms with Crippen molar-refractivity contribution in [2.75, 3.05) is 0 Å². The highest BCUT2D eigenvalue weighted by atomic mass is 16.6. The second kappa shape index (κ2) is 12.9. The van der Waals surface area contributed by atoms with E-state index in [1.54, 1.807) is 58.0 Å². The SMILES string of the molecule is CCC(=O)Oc1ccc(CC(NC(=O)C2=CC(C)C(NC(=O)C3CCCC3)C=C2)C(=O)OC(C)(C)C)cc1. The van der Waals surface area contributed by atoms with Crippen LogP contribution in [0, 0.1) is 11.8 Å². The lowest BCUT2D eigenvalue weighted by atomic mass is 9.91. The molecule has 1 aromatic rings. The van der Waals surface area contributed by atoms with E-state index in [1.165, 1.54) is 0 Å². The minimum absolute atomic E-state index is 0.0748. The first-order chi connectivity index (χ1) is 17.9. The van der Waals surface area contributed by atoms with Crippen LogP contribution in [0.25, 0.3) is 0 Å². The van der Waals surface area contributed by atoms with Gasteiger partial charge in [0.05, 0.1) is 6.04 Å². The van der Waals surface area contributed by atoms with Crippen molar-refractivity contribution in [3.05, 3.63) is 53.6 Å². The van der Waals surface area contributed by atoms with E-state index >= 15 is 0 Å². The second-order valence-electron chi connectivity index (χ2n) is 11.1. The highest BCUT2D eigenvalue weighted by Crippen LogP contribution is 2.26. The van der Waals surface area contributed by atoms with Crippen molar-refractivity contribution < 1.29 is 28.7 Å². The summed E-state index contributed by atoms with van der Waals surface area (Å²) < 4.78 is 10.8. The maximum Gasteiger partial charge on any atom is 0.329 e. The van der Waals surface area contributed by atoms with Crippen LogP contribution in [-0.4, -0.2) is 41.4 Å². The summed E-state index contributed by atoms with van der Waals surface area (Å²) in [6.45, 7) is 8.99. The molecule has 8 nitrogen and oxygen atoms in total. The fraction of sp³-hybridized carbons (Fsp3) is 0.533. The zero-order valence-electron chi connectivity index (χ0n) is 23.0. The van der Waals surface area contributed by atoms with E-state index in [-0.39, 0.29) is 42.6 Å². The lowest BCUT2D eigenvalue weighted by Gasteiger charge is -2.27. The molecule has 1 saturated carbocycles. The third-order valence-corrected chi connectivity index (χ3v) is 6.67. The molecule has 0 spiro atoms. The fourth-order valence-electron chi connectivity index (χ4n) is 4.57. The van der Waals surface area contributed by atoms with Crippen molar-refractivity contribution >= 4 is 23.8 Å². The molecule has 0 aromatic heterocycles. The van der Waals surface area contributed by atoms with Crippen molar-refractivity contribution in [3.63, 3.8) is 0 Å². The molecule has 8 heteroatoms. The normalized spacial score (nSPS) is 20.3. The highest BCUT2D eigenvalue weighted by molar-refractivity contribution is 5.99. The predicted octanol–water partition coefficient (Wildman–Crippen LogP) is 4.18. The summed E-state index contributed by atoms with van der Waals surface area (Å²) in [5.41, 5.74) is 0.481. The van der Waals surface area contributed by atoms with Crippen LogP contribution < -0.4 is 15.4 Å². The van der Waals surface area contributed by atoms with Gasteiger partial charge in [0.15, 0.2) is 0 Å². The van der Waals surface area contributed by atoms with Gasteiger partial charge in [-0.25, -0.2) is 4.79 Å². The van der Waals surface area contributed by atoms with E-state index in [1.807, 2.05) is 19.1 Å². The van der Waals surface area contributed by atoms with Crippen LogP contribution in [0.15, 0.2) is 48.1 Å². The highest BCUT2D eigenvalue weighted by Gasteiger charge is 2.30. The van der Waals surface area contributed by atoms with Gasteiger partial charge in [0, 0.05) is 24.3 Å². The van der Waals surface area contributed by atoms with Crippen LogP contribution in [0.3, 0.4) is 0 Å².